The Bertz CT molecular complexity index is 1740. The first-order chi connectivity index (χ1) is 21.9. The number of hydrogen-bond acceptors (Lipinski definition) is 7. The third kappa shape index (κ3) is 9.71. The second-order valence-corrected chi connectivity index (χ2v) is 13.4. The number of aromatic nitrogens is 1. The molecule has 0 fully saturated rings. The number of sulfonamides is 1. The van der Waals surface area contributed by atoms with Gasteiger partial charge in [-0.1, -0.05) is 66.7 Å². The van der Waals surface area contributed by atoms with Crippen molar-refractivity contribution in [2.24, 2.45) is 0 Å². The molecule has 3 aromatic carbocycles. The van der Waals surface area contributed by atoms with Crippen molar-refractivity contribution in [2.75, 3.05) is 24.2 Å². The van der Waals surface area contributed by atoms with Crippen LogP contribution in [0.5, 0.6) is 0 Å². The number of aryl methyl sites for hydroxylation is 1. The van der Waals surface area contributed by atoms with E-state index in [-0.39, 0.29) is 29.4 Å². The molecule has 3 atom stereocenters. The molecule has 46 heavy (non-hydrogen) atoms. The van der Waals surface area contributed by atoms with Crippen LogP contribution in [0.3, 0.4) is 0 Å². The predicted molar refractivity (Wildman–Crippen MR) is 180 cm³/mol. The smallest absolute Gasteiger partial charge is 0.251 e. The Morgan fingerprint density at radius 1 is 0.870 bits per heavy atom. The quantitative estimate of drug-likeness (QED) is 0.164. The zero-order valence-electron chi connectivity index (χ0n) is 26.5. The monoisotopic (exact) mass is 643 g/mol. The number of hydrogen-bond donors (Lipinski definition) is 4. The van der Waals surface area contributed by atoms with Gasteiger partial charge < -0.3 is 21.1 Å². The largest absolute Gasteiger partial charge is 0.390 e. The summed E-state index contributed by atoms with van der Waals surface area (Å²) in [7, 11) is -2.34. The van der Waals surface area contributed by atoms with E-state index in [4.69, 9.17) is 0 Å². The summed E-state index contributed by atoms with van der Waals surface area (Å²) >= 11 is 0. The third-order valence-corrected chi connectivity index (χ3v) is 8.84. The van der Waals surface area contributed by atoms with Gasteiger partial charge in [0, 0.05) is 37.0 Å². The van der Waals surface area contributed by atoms with Crippen molar-refractivity contribution >= 4 is 27.5 Å². The molecule has 1 aromatic heterocycles. The summed E-state index contributed by atoms with van der Waals surface area (Å²) in [6.07, 6.45) is 0.399. The van der Waals surface area contributed by atoms with E-state index in [0.717, 1.165) is 33.1 Å². The maximum absolute atomic E-state index is 13.8. The lowest BCUT2D eigenvalue weighted by Crippen LogP contribution is -2.48. The number of pyridine rings is 1. The average molecular weight is 644 g/mol. The van der Waals surface area contributed by atoms with Crippen LogP contribution in [0.15, 0.2) is 97.1 Å². The molecule has 0 saturated heterocycles. The van der Waals surface area contributed by atoms with Crippen molar-refractivity contribution < 1.29 is 23.1 Å². The lowest BCUT2D eigenvalue weighted by Gasteiger charge is -2.25. The molecular formula is C35H41N5O5S. The van der Waals surface area contributed by atoms with Crippen LogP contribution in [0.4, 0.5) is 5.69 Å². The fourth-order valence-corrected chi connectivity index (χ4v) is 5.43. The van der Waals surface area contributed by atoms with E-state index in [1.165, 1.54) is 25.2 Å². The first-order valence-electron chi connectivity index (χ1n) is 15.0. The molecule has 0 aliphatic heterocycles. The minimum absolute atomic E-state index is 0.0766. The highest BCUT2D eigenvalue weighted by Gasteiger charge is 2.25. The average Bonchev–Trinajstić information content (AvgIpc) is 3.04. The summed E-state index contributed by atoms with van der Waals surface area (Å²) in [6, 6.07) is 27.8. The summed E-state index contributed by atoms with van der Waals surface area (Å²) in [5.74, 6) is -1.03. The van der Waals surface area contributed by atoms with Gasteiger partial charge in [0.15, 0.2) is 0 Å². The second kappa shape index (κ2) is 15.6. The maximum Gasteiger partial charge on any atom is 0.251 e. The number of aliphatic hydroxyl groups is 1. The van der Waals surface area contributed by atoms with Crippen LogP contribution in [-0.4, -0.2) is 62.3 Å². The van der Waals surface area contributed by atoms with Crippen LogP contribution in [0.2, 0.25) is 0 Å². The normalized spacial score (nSPS) is 13.3. The number of nitrogens with zero attached hydrogens (tertiary/aromatic N) is 2. The number of carbonyl (C=O) groups excluding carboxylic acids is 2. The molecule has 2 amide bonds. The number of anilines is 1. The maximum atomic E-state index is 13.8. The molecule has 0 spiro atoms. The summed E-state index contributed by atoms with van der Waals surface area (Å²) in [5, 5.41) is 20.3. The highest BCUT2D eigenvalue weighted by atomic mass is 32.2. The zero-order chi connectivity index (χ0) is 33.3. The topological polar surface area (TPSA) is 141 Å². The Balaban J connectivity index is 1.58. The van der Waals surface area contributed by atoms with Crippen molar-refractivity contribution in [1.29, 1.82) is 0 Å². The third-order valence-electron chi connectivity index (χ3n) is 7.64. The van der Waals surface area contributed by atoms with Crippen LogP contribution in [-0.2, 0) is 23.0 Å². The van der Waals surface area contributed by atoms with Crippen LogP contribution in [0.1, 0.15) is 56.2 Å². The van der Waals surface area contributed by atoms with Gasteiger partial charge in [-0.25, -0.2) is 8.42 Å². The van der Waals surface area contributed by atoms with Gasteiger partial charge in [-0.2, -0.15) is 0 Å². The molecule has 0 saturated carbocycles. The second-order valence-electron chi connectivity index (χ2n) is 11.3. The molecule has 1 heterocycles. The van der Waals surface area contributed by atoms with Crippen LogP contribution >= 0.6 is 0 Å². The number of aliphatic hydroxyl groups excluding tert-OH is 1. The molecular weight excluding hydrogens is 602 g/mol. The molecule has 0 bridgehead atoms. The van der Waals surface area contributed by atoms with Crippen LogP contribution < -0.4 is 20.3 Å². The fraction of sp³-hybridized carbons (Fsp3) is 0.286. The molecule has 3 unspecified atom stereocenters. The summed E-state index contributed by atoms with van der Waals surface area (Å²) in [5.41, 5.74) is 3.87. The molecule has 0 radical (unpaired) electrons. The van der Waals surface area contributed by atoms with Crippen molar-refractivity contribution in [3.05, 3.63) is 131 Å². The van der Waals surface area contributed by atoms with Gasteiger partial charge in [-0.05, 0) is 61.7 Å². The van der Waals surface area contributed by atoms with E-state index in [1.807, 2.05) is 92.7 Å². The van der Waals surface area contributed by atoms with Crippen molar-refractivity contribution in [3.63, 3.8) is 0 Å². The van der Waals surface area contributed by atoms with E-state index in [9.17, 15) is 23.1 Å². The highest BCUT2D eigenvalue weighted by Crippen LogP contribution is 2.22. The zero-order valence-corrected chi connectivity index (χ0v) is 27.3. The Morgan fingerprint density at radius 3 is 2.09 bits per heavy atom. The molecule has 4 N–H and O–H groups in total. The Labute approximate surface area is 270 Å². The summed E-state index contributed by atoms with van der Waals surface area (Å²) in [4.78, 5) is 31.6. The molecule has 4 rings (SSSR count). The van der Waals surface area contributed by atoms with Crippen molar-refractivity contribution in [2.45, 2.75) is 45.0 Å². The number of rotatable bonds is 14. The lowest BCUT2D eigenvalue weighted by molar-refractivity contribution is 0.0829. The van der Waals surface area contributed by atoms with Gasteiger partial charge >= 0.3 is 0 Å². The standard InChI is InChI=1S/C35H41N5O5S/c1-24-12-11-17-30(37-24)22-36-23-33(41)32(18-26-13-7-5-8-14-26)39-35(43)29-19-28(20-31(21-29)40(3)46(4,44)45)34(42)38-25(2)27-15-9-6-10-16-27/h5-17,19-21,25,32-33,36,41H,18,22-23H2,1-4H3,(H,38,42)(H,39,43). The number of carbonyl (C=O) groups is 2. The molecule has 242 valence electrons. The van der Waals surface area contributed by atoms with E-state index >= 15 is 0 Å². The number of amides is 2. The number of benzene rings is 3. The molecule has 0 aliphatic carbocycles. The highest BCUT2D eigenvalue weighted by molar-refractivity contribution is 7.92. The Hall–Kier alpha value is -4.58. The van der Waals surface area contributed by atoms with E-state index < -0.39 is 34.0 Å². The first-order valence-corrected chi connectivity index (χ1v) is 16.9. The lowest BCUT2D eigenvalue weighted by atomic mass is 10.00. The first kappa shape index (κ1) is 34.3. The minimum atomic E-state index is -3.70. The molecule has 11 heteroatoms. The van der Waals surface area contributed by atoms with E-state index in [0.29, 0.717) is 13.0 Å². The summed E-state index contributed by atoms with van der Waals surface area (Å²) in [6.45, 7) is 4.36. The molecule has 4 aromatic rings. The van der Waals surface area contributed by atoms with Crippen molar-refractivity contribution in [3.8, 4) is 0 Å². The van der Waals surface area contributed by atoms with Crippen molar-refractivity contribution in [1.82, 2.24) is 20.9 Å². The van der Waals surface area contributed by atoms with Gasteiger partial charge in [0.05, 0.1) is 35.8 Å². The molecule has 10 nitrogen and oxygen atoms in total. The van der Waals surface area contributed by atoms with Gasteiger partial charge in [-0.3, -0.25) is 18.9 Å². The van der Waals surface area contributed by atoms with Gasteiger partial charge in [-0.15, -0.1) is 0 Å². The van der Waals surface area contributed by atoms with Gasteiger partial charge in [0.1, 0.15) is 0 Å². The number of nitrogens with one attached hydrogen (secondary N) is 3. The van der Waals surface area contributed by atoms with Crippen LogP contribution in [0.25, 0.3) is 0 Å². The summed E-state index contributed by atoms with van der Waals surface area (Å²) < 4.78 is 25.9. The predicted octanol–water partition coefficient (Wildman–Crippen LogP) is 3.77. The van der Waals surface area contributed by atoms with E-state index in [1.54, 1.807) is 0 Å². The molecule has 0 aliphatic rings. The minimum Gasteiger partial charge on any atom is -0.390 e. The Kier molecular flexibility index (Phi) is 11.6. The Morgan fingerprint density at radius 2 is 1.48 bits per heavy atom. The van der Waals surface area contributed by atoms with Gasteiger partial charge in [0.2, 0.25) is 10.0 Å². The van der Waals surface area contributed by atoms with E-state index in [2.05, 4.69) is 20.9 Å². The fourth-order valence-electron chi connectivity index (χ4n) is 4.94. The SMILES string of the molecule is Cc1cccc(CNCC(O)C(Cc2ccccc2)NC(=O)c2cc(C(=O)NC(C)c3ccccc3)cc(N(C)S(C)(=O)=O)c2)n1. The van der Waals surface area contributed by atoms with Crippen LogP contribution in [0, 0.1) is 6.92 Å². The van der Waals surface area contributed by atoms with Gasteiger partial charge in [0.25, 0.3) is 11.8 Å².